The third-order valence-corrected chi connectivity index (χ3v) is 1.57. The van der Waals surface area contributed by atoms with Gasteiger partial charge in [-0.1, -0.05) is 12.1 Å². The van der Waals surface area contributed by atoms with Crippen molar-refractivity contribution in [1.82, 2.24) is 0 Å². The maximum absolute atomic E-state index is 11.0. The molecule has 0 aliphatic carbocycles. The number of benzene rings is 1. The molecule has 0 saturated heterocycles. The van der Waals surface area contributed by atoms with Crippen LogP contribution in [0.5, 0.6) is 11.5 Å². The lowest BCUT2D eigenvalue weighted by molar-refractivity contribution is 0.0679. The minimum Gasteiger partial charge on any atom is -0.504 e. The first-order valence-corrected chi connectivity index (χ1v) is 4.35. The first-order chi connectivity index (χ1) is 7.24. The summed E-state index contributed by atoms with van der Waals surface area (Å²) in [6.45, 7) is 0.415. The molecule has 0 fully saturated rings. The van der Waals surface area contributed by atoms with Gasteiger partial charge in [-0.15, -0.1) is 0 Å². The number of aromatic hydroxyl groups is 1. The van der Waals surface area contributed by atoms with E-state index in [4.69, 9.17) is 4.74 Å². The number of hydrogen-bond acceptors (Lipinski definition) is 5. The lowest BCUT2D eigenvalue weighted by Gasteiger charge is -2.06. The Morgan fingerprint density at radius 1 is 1.33 bits per heavy atom. The summed E-state index contributed by atoms with van der Waals surface area (Å²) in [6, 6.07) is 6.14. The van der Waals surface area contributed by atoms with E-state index >= 15 is 0 Å². The van der Waals surface area contributed by atoms with Crippen LogP contribution >= 0.6 is 0 Å². The van der Waals surface area contributed by atoms with Crippen LogP contribution in [-0.4, -0.2) is 31.6 Å². The van der Waals surface area contributed by atoms with Crippen molar-refractivity contribution in [3.8, 4) is 11.5 Å². The van der Waals surface area contributed by atoms with Gasteiger partial charge in [-0.3, -0.25) is 0 Å². The zero-order valence-electron chi connectivity index (χ0n) is 8.30. The number of carbonyl (C=O) groups excluding carboxylic acids is 1. The molecule has 0 saturated carbocycles. The Kier molecular flexibility index (Phi) is 4.43. The predicted octanol–water partition coefficient (Wildman–Crippen LogP) is 1.55. The minimum absolute atomic E-state index is 0.0694. The number of phenols is 1. The van der Waals surface area contributed by atoms with E-state index in [1.54, 1.807) is 12.1 Å². The second-order valence-electron chi connectivity index (χ2n) is 2.66. The van der Waals surface area contributed by atoms with E-state index in [0.29, 0.717) is 6.61 Å². The first-order valence-electron chi connectivity index (χ1n) is 4.35. The van der Waals surface area contributed by atoms with Gasteiger partial charge in [-0.2, -0.15) is 0 Å². The Bertz CT molecular complexity index is 323. The summed E-state index contributed by atoms with van der Waals surface area (Å²) in [5, 5.41) is 9.27. The molecule has 0 amide bonds. The van der Waals surface area contributed by atoms with Crippen molar-refractivity contribution in [3.63, 3.8) is 0 Å². The normalized spacial score (nSPS) is 9.67. The fourth-order valence-corrected chi connectivity index (χ4v) is 0.871. The highest BCUT2D eigenvalue weighted by Gasteiger charge is 2.08. The fourth-order valence-electron chi connectivity index (χ4n) is 0.871. The number of phenolic OH excluding ortho intramolecular Hbond substituents is 1. The maximum atomic E-state index is 11.0. The van der Waals surface area contributed by atoms with Crippen LogP contribution in [0.2, 0.25) is 0 Å². The average Bonchev–Trinajstić information content (AvgIpc) is 2.22. The van der Waals surface area contributed by atoms with Gasteiger partial charge in [0.2, 0.25) is 0 Å². The maximum Gasteiger partial charge on any atom is 0.514 e. The molecule has 0 aliphatic heterocycles. The number of hydrogen-bond donors (Lipinski definition) is 1. The van der Waals surface area contributed by atoms with E-state index in [1.807, 2.05) is 0 Å². The zero-order valence-corrected chi connectivity index (χ0v) is 8.30. The van der Waals surface area contributed by atoms with Gasteiger partial charge in [-0.25, -0.2) is 4.79 Å². The van der Waals surface area contributed by atoms with Crippen molar-refractivity contribution in [2.24, 2.45) is 0 Å². The number of carbonyl (C=O) groups is 1. The van der Waals surface area contributed by atoms with Crippen LogP contribution in [0, 0.1) is 0 Å². The van der Waals surface area contributed by atoms with Crippen molar-refractivity contribution in [2.45, 2.75) is 0 Å². The monoisotopic (exact) mass is 212 g/mol. The standard InChI is InChI=1S/C10H12O5/c1-13-6-7-14-10(12)15-9-5-3-2-4-8(9)11/h2-5,11H,6-7H2,1H3. The summed E-state index contributed by atoms with van der Waals surface area (Å²) in [7, 11) is 1.50. The highest BCUT2D eigenvalue weighted by molar-refractivity contribution is 5.65. The molecular weight excluding hydrogens is 200 g/mol. The number of ether oxygens (including phenoxy) is 3. The quantitative estimate of drug-likeness (QED) is 0.466. The molecule has 0 aromatic heterocycles. The van der Waals surface area contributed by atoms with Gasteiger partial charge < -0.3 is 19.3 Å². The second kappa shape index (κ2) is 5.87. The van der Waals surface area contributed by atoms with Crippen LogP contribution < -0.4 is 4.74 Å². The summed E-state index contributed by atoms with van der Waals surface area (Å²) >= 11 is 0. The fraction of sp³-hybridized carbons (Fsp3) is 0.300. The predicted molar refractivity (Wildman–Crippen MR) is 52.0 cm³/mol. The van der Waals surface area contributed by atoms with Gasteiger partial charge in [0.25, 0.3) is 0 Å². The molecule has 0 atom stereocenters. The summed E-state index contributed by atoms with van der Waals surface area (Å²) in [5.41, 5.74) is 0. The smallest absolute Gasteiger partial charge is 0.504 e. The van der Waals surface area contributed by atoms with E-state index in [9.17, 15) is 9.90 Å². The van der Waals surface area contributed by atoms with Crippen molar-refractivity contribution in [1.29, 1.82) is 0 Å². The largest absolute Gasteiger partial charge is 0.514 e. The molecule has 15 heavy (non-hydrogen) atoms. The molecule has 1 aromatic carbocycles. The van der Waals surface area contributed by atoms with E-state index in [-0.39, 0.29) is 18.1 Å². The second-order valence-corrected chi connectivity index (χ2v) is 2.66. The van der Waals surface area contributed by atoms with E-state index in [2.05, 4.69) is 9.47 Å². The Hall–Kier alpha value is -1.75. The molecular formula is C10H12O5. The topological polar surface area (TPSA) is 65.0 Å². The average molecular weight is 212 g/mol. The molecule has 1 N–H and O–H groups in total. The molecule has 82 valence electrons. The Balaban J connectivity index is 2.41. The summed E-state index contributed by atoms with van der Waals surface area (Å²) in [5.74, 6) is -0.0406. The summed E-state index contributed by atoms with van der Waals surface area (Å²) < 4.78 is 14.1. The van der Waals surface area contributed by atoms with Gasteiger partial charge in [0.05, 0.1) is 6.61 Å². The Morgan fingerprint density at radius 2 is 2.07 bits per heavy atom. The Labute approximate surface area is 87.2 Å². The Morgan fingerprint density at radius 3 is 2.73 bits per heavy atom. The van der Waals surface area contributed by atoms with Crippen LogP contribution in [0.1, 0.15) is 0 Å². The lowest BCUT2D eigenvalue weighted by Crippen LogP contribution is -2.13. The van der Waals surface area contributed by atoms with Crippen molar-refractivity contribution in [2.75, 3.05) is 20.3 Å². The molecule has 0 heterocycles. The van der Waals surface area contributed by atoms with Crippen molar-refractivity contribution >= 4 is 6.16 Å². The van der Waals surface area contributed by atoms with Crippen LogP contribution in [0.25, 0.3) is 0 Å². The SMILES string of the molecule is COCCOC(=O)Oc1ccccc1O. The molecule has 0 aliphatic rings. The van der Waals surface area contributed by atoms with Crippen LogP contribution in [0.4, 0.5) is 4.79 Å². The number of methoxy groups -OCH3 is 1. The molecule has 5 heteroatoms. The zero-order chi connectivity index (χ0) is 11.1. The summed E-state index contributed by atoms with van der Waals surface area (Å²) in [6.07, 6.45) is -0.867. The molecule has 5 nitrogen and oxygen atoms in total. The van der Waals surface area contributed by atoms with Gasteiger partial charge in [0.1, 0.15) is 6.61 Å². The van der Waals surface area contributed by atoms with Crippen LogP contribution in [0.3, 0.4) is 0 Å². The molecule has 0 spiro atoms. The first kappa shape index (κ1) is 11.3. The molecule has 1 rings (SSSR count). The van der Waals surface area contributed by atoms with Crippen LogP contribution in [0.15, 0.2) is 24.3 Å². The molecule has 0 bridgehead atoms. The van der Waals surface area contributed by atoms with Gasteiger partial charge in [0.15, 0.2) is 11.5 Å². The minimum atomic E-state index is -0.867. The van der Waals surface area contributed by atoms with Crippen molar-refractivity contribution < 1.29 is 24.1 Å². The highest BCUT2D eigenvalue weighted by Crippen LogP contribution is 2.24. The van der Waals surface area contributed by atoms with Gasteiger partial charge >= 0.3 is 6.16 Å². The van der Waals surface area contributed by atoms with Gasteiger partial charge in [0, 0.05) is 7.11 Å². The summed E-state index contributed by atoms with van der Waals surface area (Å²) in [4.78, 5) is 11.0. The molecule has 0 unspecified atom stereocenters. The van der Waals surface area contributed by atoms with E-state index < -0.39 is 6.16 Å². The third-order valence-electron chi connectivity index (χ3n) is 1.57. The van der Waals surface area contributed by atoms with Gasteiger partial charge in [-0.05, 0) is 12.1 Å². The van der Waals surface area contributed by atoms with E-state index in [1.165, 1.54) is 19.2 Å². The highest BCUT2D eigenvalue weighted by atomic mass is 16.7. The lowest BCUT2D eigenvalue weighted by atomic mass is 10.3. The van der Waals surface area contributed by atoms with Crippen LogP contribution in [-0.2, 0) is 9.47 Å². The van der Waals surface area contributed by atoms with E-state index in [0.717, 1.165) is 0 Å². The molecule has 0 radical (unpaired) electrons. The van der Waals surface area contributed by atoms with Crippen molar-refractivity contribution in [3.05, 3.63) is 24.3 Å². The number of rotatable bonds is 4. The number of para-hydroxylation sites is 2. The molecule has 1 aromatic rings. The third kappa shape index (κ3) is 3.86.